The molecule has 0 heterocycles. The van der Waals surface area contributed by atoms with Gasteiger partial charge in [-0.3, -0.25) is 9.59 Å². The van der Waals surface area contributed by atoms with Crippen molar-refractivity contribution in [3.8, 4) is 5.40 Å². The number of amides is 2. The standard InChI is InChI=1S/C15H9ClFN3O2S/c16-12-7-10(3-6-13(12)17)20-15(22)14(21)19-9-1-4-11(5-2-9)23-8-18/h1-7H,(H,19,21)(H,20,22). The highest BCUT2D eigenvalue weighted by Gasteiger charge is 2.14. The minimum Gasteiger partial charge on any atom is -0.318 e. The van der Waals surface area contributed by atoms with Crippen molar-refractivity contribution in [1.82, 2.24) is 0 Å². The summed E-state index contributed by atoms with van der Waals surface area (Å²) in [5, 5.41) is 15.0. The Morgan fingerprint density at radius 2 is 1.61 bits per heavy atom. The fourth-order valence-electron chi connectivity index (χ4n) is 1.61. The zero-order valence-electron chi connectivity index (χ0n) is 11.5. The highest BCUT2D eigenvalue weighted by molar-refractivity contribution is 8.03. The molecule has 0 aliphatic rings. The van der Waals surface area contributed by atoms with Gasteiger partial charge in [-0.05, 0) is 54.2 Å². The van der Waals surface area contributed by atoms with Crippen molar-refractivity contribution in [2.45, 2.75) is 4.90 Å². The summed E-state index contributed by atoms with van der Waals surface area (Å²) in [6.45, 7) is 0. The van der Waals surface area contributed by atoms with Crippen molar-refractivity contribution in [3.63, 3.8) is 0 Å². The molecule has 2 aromatic rings. The SMILES string of the molecule is N#CSc1ccc(NC(=O)C(=O)Nc2ccc(F)c(Cl)c2)cc1. The van der Waals surface area contributed by atoms with Gasteiger partial charge in [0.1, 0.15) is 11.2 Å². The molecule has 0 atom stereocenters. The van der Waals surface area contributed by atoms with Crippen LogP contribution in [0.25, 0.3) is 0 Å². The maximum absolute atomic E-state index is 13.0. The maximum atomic E-state index is 13.0. The van der Waals surface area contributed by atoms with Crippen LogP contribution in [0, 0.1) is 16.5 Å². The number of thiocyanates is 1. The lowest BCUT2D eigenvalue weighted by Gasteiger charge is -2.07. The molecule has 0 unspecified atom stereocenters. The van der Waals surface area contributed by atoms with E-state index in [1.54, 1.807) is 24.3 Å². The van der Waals surface area contributed by atoms with E-state index in [-0.39, 0.29) is 10.7 Å². The molecule has 8 heteroatoms. The lowest BCUT2D eigenvalue weighted by Crippen LogP contribution is -2.29. The normalized spacial score (nSPS) is 9.78. The number of thioether (sulfide) groups is 1. The Balaban J connectivity index is 1.98. The number of hydrogen-bond acceptors (Lipinski definition) is 4. The van der Waals surface area contributed by atoms with Crippen molar-refractivity contribution < 1.29 is 14.0 Å². The van der Waals surface area contributed by atoms with Gasteiger partial charge in [0.05, 0.1) is 5.02 Å². The lowest BCUT2D eigenvalue weighted by molar-refractivity contribution is -0.132. The molecule has 2 amide bonds. The third-order valence-electron chi connectivity index (χ3n) is 2.66. The van der Waals surface area contributed by atoms with Crippen molar-refractivity contribution >= 4 is 46.6 Å². The van der Waals surface area contributed by atoms with Gasteiger partial charge in [-0.1, -0.05) is 11.6 Å². The van der Waals surface area contributed by atoms with Crippen LogP contribution in [0.1, 0.15) is 0 Å². The first kappa shape index (κ1) is 16.8. The number of nitriles is 1. The second-order valence-corrected chi connectivity index (χ2v) is 5.52. The summed E-state index contributed by atoms with van der Waals surface area (Å²) in [7, 11) is 0. The molecular formula is C15H9ClFN3O2S. The largest absolute Gasteiger partial charge is 0.318 e. The number of anilines is 2. The van der Waals surface area contributed by atoms with Crippen molar-refractivity contribution in [2.24, 2.45) is 0 Å². The number of benzene rings is 2. The van der Waals surface area contributed by atoms with Gasteiger partial charge in [-0.2, -0.15) is 5.26 Å². The van der Waals surface area contributed by atoms with Gasteiger partial charge in [0, 0.05) is 16.3 Å². The van der Waals surface area contributed by atoms with E-state index in [0.717, 1.165) is 22.7 Å². The number of halogens is 2. The number of nitrogens with zero attached hydrogens (tertiary/aromatic N) is 1. The number of carbonyl (C=O) groups is 2. The number of carbonyl (C=O) groups excluding carboxylic acids is 2. The summed E-state index contributed by atoms with van der Waals surface area (Å²) in [6, 6.07) is 10.00. The van der Waals surface area contributed by atoms with Crippen LogP contribution in [0.5, 0.6) is 0 Å². The van der Waals surface area contributed by atoms with Gasteiger partial charge in [-0.25, -0.2) is 4.39 Å². The van der Waals surface area contributed by atoms with E-state index in [0.29, 0.717) is 5.69 Å². The average Bonchev–Trinajstić information content (AvgIpc) is 2.53. The summed E-state index contributed by atoms with van der Waals surface area (Å²) >= 11 is 6.58. The zero-order chi connectivity index (χ0) is 16.8. The van der Waals surface area contributed by atoms with Crippen LogP contribution in [0.4, 0.5) is 15.8 Å². The van der Waals surface area contributed by atoms with Crippen LogP contribution in [-0.2, 0) is 9.59 Å². The van der Waals surface area contributed by atoms with Crippen molar-refractivity contribution in [1.29, 1.82) is 5.26 Å². The Bertz CT molecular complexity index is 790. The van der Waals surface area contributed by atoms with E-state index in [1.165, 1.54) is 12.1 Å². The third kappa shape index (κ3) is 4.71. The Labute approximate surface area is 140 Å². The van der Waals surface area contributed by atoms with E-state index in [9.17, 15) is 14.0 Å². The van der Waals surface area contributed by atoms with Crippen LogP contribution in [0.15, 0.2) is 47.4 Å². The number of rotatable bonds is 3. The zero-order valence-corrected chi connectivity index (χ0v) is 13.0. The first-order chi connectivity index (χ1) is 11.0. The molecule has 0 aromatic heterocycles. The summed E-state index contributed by atoms with van der Waals surface area (Å²) in [4.78, 5) is 24.3. The molecule has 0 aliphatic heterocycles. The van der Waals surface area contributed by atoms with Gasteiger partial charge < -0.3 is 10.6 Å². The Kier molecular flexibility index (Phi) is 5.57. The Morgan fingerprint density at radius 1 is 1.04 bits per heavy atom. The topological polar surface area (TPSA) is 82.0 Å². The van der Waals surface area contributed by atoms with E-state index in [2.05, 4.69) is 10.6 Å². The molecule has 0 saturated heterocycles. The van der Waals surface area contributed by atoms with Gasteiger partial charge in [-0.15, -0.1) is 0 Å². The molecule has 2 N–H and O–H groups in total. The fourth-order valence-corrected chi connectivity index (χ4v) is 2.17. The molecule has 0 saturated carbocycles. The van der Waals surface area contributed by atoms with E-state index >= 15 is 0 Å². The van der Waals surface area contributed by atoms with E-state index in [1.807, 2.05) is 5.40 Å². The number of nitrogens with one attached hydrogen (secondary N) is 2. The molecule has 0 fully saturated rings. The van der Waals surface area contributed by atoms with Crippen LogP contribution >= 0.6 is 23.4 Å². The van der Waals surface area contributed by atoms with Gasteiger partial charge in [0.2, 0.25) is 0 Å². The molecule has 5 nitrogen and oxygen atoms in total. The Morgan fingerprint density at radius 3 is 2.17 bits per heavy atom. The van der Waals surface area contributed by atoms with Crippen LogP contribution in [0.3, 0.4) is 0 Å². The molecule has 0 radical (unpaired) electrons. The van der Waals surface area contributed by atoms with Crippen molar-refractivity contribution in [2.75, 3.05) is 10.6 Å². The lowest BCUT2D eigenvalue weighted by atomic mass is 10.3. The quantitative estimate of drug-likeness (QED) is 0.503. The molecule has 2 aromatic carbocycles. The van der Waals surface area contributed by atoms with Crippen LogP contribution in [-0.4, -0.2) is 11.8 Å². The fraction of sp³-hybridized carbons (Fsp3) is 0. The second-order valence-electron chi connectivity index (χ2n) is 4.25. The van der Waals surface area contributed by atoms with Crippen LogP contribution in [0.2, 0.25) is 5.02 Å². The molecule has 0 spiro atoms. The molecule has 0 bridgehead atoms. The van der Waals surface area contributed by atoms with Crippen molar-refractivity contribution in [3.05, 3.63) is 53.3 Å². The summed E-state index contributed by atoms with van der Waals surface area (Å²) < 4.78 is 13.0. The molecular weight excluding hydrogens is 341 g/mol. The summed E-state index contributed by atoms with van der Waals surface area (Å²) in [5.74, 6) is -2.42. The van der Waals surface area contributed by atoms with E-state index in [4.69, 9.17) is 16.9 Å². The minimum absolute atomic E-state index is 0.159. The predicted octanol–water partition coefficient (Wildman–Crippen LogP) is 3.63. The monoisotopic (exact) mass is 349 g/mol. The number of hydrogen-bond donors (Lipinski definition) is 2. The average molecular weight is 350 g/mol. The van der Waals surface area contributed by atoms with Crippen LogP contribution < -0.4 is 10.6 Å². The van der Waals surface area contributed by atoms with Gasteiger partial charge in [0.25, 0.3) is 0 Å². The third-order valence-corrected chi connectivity index (χ3v) is 3.55. The van der Waals surface area contributed by atoms with Gasteiger partial charge >= 0.3 is 11.8 Å². The van der Waals surface area contributed by atoms with E-state index < -0.39 is 17.6 Å². The molecule has 116 valence electrons. The highest BCUT2D eigenvalue weighted by Crippen LogP contribution is 2.20. The first-order valence-corrected chi connectivity index (χ1v) is 7.42. The molecule has 2 rings (SSSR count). The highest BCUT2D eigenvalue weighted by atomic mass is 35.5. The minimum atomic E-state index is -0.914. The van der Waals surface area contributed by atoms with Gasteiger partial charge in [0.15, 0.2) is 0 Å². The summed E-state index contributed by atoms with van der Waals surface area (Å²) in [6.07, 6.45) is 0. The molecule has 0 aliphatic carbocycles. The maximum Gasteiger partial charge on any atom is 0.314 e. The first-order valence-electron chi connectivity index (χ1n) is 6.23. The summed E-state index contributed by atoms with van der Waals surface area (Å²) in [5.41, 5.74) is 0.613. The predicted molar refractivity (Wildman–Crippen MR) is 86.6 cm³/mol. The Hall–Kier alpha value is -2.56. The molecule has 23 heavy (non-hydrogen) atoms. The second kappa shape index (κ2) is 7.63. The smallest absolute Gasteiger partial charge is 0.314 e.